The number of amidine groups is 1. The number of hydrogen-bond acceptors (Lipinski definition) is 6. The molecule has 0 spiro atoms. The lowest BCUT2D eigenvalue weighted by atomic mass is 10.2. The lowest BCUT2D eigenvalue weighted by Crippen LogP contribution is -2.33. The number of unbranched alkanes of at least 4 members (excludes halogenated alkanes) is 3. The van der Waals surface area contributed by atoms with Crippen molar-refractivity contribution in [3.63, 3.8) is 0 Å². The van der Waals surface area contributed by atoms with Gasteiger partial charge in [-0.15, -0.1) is 11.0 Å². The highest BCUT2D eigenvalue weighted by Gasteiger charge is 2.39. The predicted molar refractivity (Wildman–Crippen MR) is 153 cm³/mol. The van der Waals surface area contributed by atoms with Gasteiger partial charge < -0.3 is 10.1 Å². The molecule has 1 unspecified atom stereocenters. The summed E-state index contributed by atoms with van der Waals surface area (Å²) in [6, 6.07) is 13.6. The predicted octanol–water partition coefficient (Wildman–Crippen LogP) is 5.41. The zero-order chi connectivity index (χ0) is 27.5. The van der Waals surface area contributed by atoms with Crippen LogP contribution in [0.3, 0.4) is 0 Å². The van der Waals surface area contributed by atoms with E-state index in [1.165, 1.54) is 36.0 Å². The third-order valence-electron chi connectivity index (χ3n) is 5.93. The van der Waals surface area contributed by atoms with Crippen LogP contribution in [0.15, 0.2) is 70.5 Å². The Balaban J connectivity index is 1.62. The molecule has 0 aromatic heterocycles. The molecule has 3 rings (SSSR count). The number of rotatable bonds is 14. The smallest absolute Gasteiger partial charge is 0.284 e. The maximum atomic E-state index is 13.0. The number of carbonyl (C=O) groups excluding carboxylic acids is 2. The van der Waals surface area contributed by atoms with Crippen LogP contribution < -0.4 is 10.1 Å². The molecule has 1 heterocycles. The van der Waals surface area contributed by atoms with Crippen LogP contribution in [0.25, 0.3) is 0 Å². The zero-order valence-corrected chi connectivity index (χ0v) is 23.5. The summed E-state index contributed by atoms with van der Waals surface area (Å²) in [5.74, 6) is -0.0125. The Morgan fingerprint density at radius 2 is 1.82 bits per heavy atom. The van der Waals surface area contributed by atoms with Crippen molar-refractivity contribution in [3.05, 3.63) is 66.7 Å². The van der Waals surface area contributed by atoms with Gasteiger partial charge in [-0.05, 0) is 54.8 Å². The van der Waals surface area contributed by atoms with E-state index in [1.54, 1.807) is 36.4 Å². The van der Waals surface area contributed by atoms with Crippen molar-refractivity contribution in [2.24, 2.45) is 4.40 Å². The molecule has 0 aliphatic carbocycles. The van der Waals surface area contributed by atoms with E-state index in [0.29, 0.717) is 12.3 Å². The van der Waals surface area contributed by atoms with Crippen molar-refractivity contribution in [1.29, 1.82) is 0 Å². The number of anilines is 1. The highest BCUT2D eigenvalue weighted by atomic mass is 32.2. The molecule has 1 fully saturated rings. The van der Waals surface area contributed by atoms with Gasteiger partial charge in [0.1, 0.15) is 11.0 Å². The van der Waals surface area contributed by atoms with Crippen LogP contribution in [0.5, 0.6) is 5.75 Å². The SMILES string of the molecule is C=CCN1C(=O)C(CC(=O)Nc2ccc(OCCCCCC)cc2)S/C1=N/S(=O)(=O)c1ccc(CC)cc1. The van der Waals surface area contributed by atoms with Gasteiger partial charge >= 0.3 is 0 Å². The number of nitrogens with one attached hydrogen (secondary N) is 1. The van der Waals surface area contributed by atoms with Crippen LogP contribution in [0.1, 0.15) is 51.5 Å². The minimum Gasteiger partial charge on any atom is -0.494 e. The van der Waals surface area contributed by atoms with E-state index in [9.17, 15) is 18.0 Å². The molecule has 1 aliphatic rings. The molecule has 2 aromatic carbocycles. The number of nitrogens with zero attached hydrogens (tertiary/aromatic N) is 2. The normalized spacial score (nSPS) is 16.6. The Labute approximate surface area is 229 Å². The number of benzene rings is 2. The summed E-state index contributed by atoms with van der Waals surface area (Å²) in [6.07, 6.45) is 6.65. The molecule has 2 aromatic rings. The topological polar surface area (TPSA) is 105 Å². The van der Waals surface area contributed by atoms with Crippen molar-refractivity contribution in [1.82, 2.24) is 4.90 Å². The van der Waals surface area contributed by atoms with Crippen LogP contribution in [-0.4, -0.2) is 48.7 Å². The second kappa shape index (κ2) is 14.2. The van der Waals surface area contributed by atoms with Gasteiger partial charge in [0.25, 0.3) is 10.0 Å². The Morgan fingerprint density at radius 3 is 2.45 bits per heavy atom. The summed E-state index contributed by atoms with van der Waals surface area (Å²) in [5.41, 5.74) is 1.59. The van der Waals surface area contributed by atoms with Crippen molar-refractivity contribution in [2.75, 3.05) is 18.5 Å². The zero-order valence-electron chi connectivity index (χ0n) is 21.9. The van der Waals surface area contributed by atoms with Crippen molar-refractivity contribution >= 4 is 44.5 Å². The van der Waals surface area contributed by atoms with Gasteiger partial charge in [-0.25, -0.2) is 0 Å². The Hall–Kier alpha value is -3.11. The summed E-state index contributed by atoms with van der Waals surface area (Å²) in [6.45, 7) is 8.53. The second-order valence-electron chi connectivity index (χ2n) is 8.88. The molecule has 0 bridgehead atoms. The van der Waals surface area contributed by atoms with Crippen LogP contribution in [-0.2, 0) is 26.0 Å². The monoisotopic (exact) mass is 557 g/mol. The molecule has 1 atom stereocenters. The van der Waals surface area contributed by atoms with Gasteiger partial charge in [0, 0.05) is 18.7 Å². The fourth-order valence-corrected chi connectivity index (χ4v) is 6.16. The van der Waals surface area contributed by atoms with Gasteiger partial charge in [-0.1, -0.05) is 63.1 Å². The van der Waals surface area contributed by atoms with E-state index in [1.807, 2.05) is 6.92 Å². The number of thioether (sulfide) groups is 1. The third kappa shape index (κ3) is 8.19. The van der Waals surface area contributed by atoms with E-state index < -0.39 is 15.3 Å². The third-order valence-corrected chi connectivity index (χ3v) is 8.51. The molecule has 38 heavy (non-hydrogen) atoms. The van der Waals surface area contributed by atoms with Crippen molar-refractivity contribution in [3.8, 4) is 5.75 Å². The Bertz CT molecular complexity index is 1240. The van der Waals surface area contributed by atoms with E-state index in [2.05, 4.69) is 23.2 Å². The van der Waals surface area contributed by atoms with Gasteiger partial charge in [0.2, 0.25) is 11.8 Å². The minimum absolute atomic E-state index is 0.0349. The summed E-state index contributed by atoms with van der Waals surface area (Å²) in [4.78, 5) is 27.0. The fraction of sp³-hybridized carbons (Fsp3) is 0.393. The number of amides is 2. The first-order valence-corrected chi connectivity index (χ1v) is 15.1. The molecule has 1 N–H and O–H groups in total. The summed E-state index contributed by atoms with van der Waals surface area (Å²) in [5, 5.41) is 2.03. The molecule has 1 aliphatic heterocycles. The standard InChI is InChI=1S/C28H35N3O5S2/c1-4-7-8-9-19-36-23-14-12-22(13-15-23)29-26(32)20-25-27(33)31(18-5-2)28(37-25)30-38(34,35)24-16-10-21(6-3)11-17-24/h5,10-17,25H,2,4,6-9,18-20H2,1,3H3,(H,29,32)/b30-28+. The molecular weight excluding hydrogens is 522 g/mol. The highest BCUT2D eigenvalue weighted by molar-refractivity contribution is 8.16. The fourth-order valence-electron chi connectivity index (χ4n) is 3.79. The molecule has 8 nitrogen and oxygen atoms in total. The van der Waals surface area contributed by atoms with Crippen LogP contribution >= 0.6 is 11.8 Å². The van der Waals surface area contributed by atoms with Crippen molar-refractivity contribution < 1.29 is 22.7 Å². The highest BCUT2D eigenvalue weighted by Crippen LogP contribution is 2.31. The van der Waals surface area contributed by atoms with Crippen LogP contribution in [0, 0.1) is 0 Å². The molecule has 204 valence electrons. The Morgan fingerprint density at radius 1 is 1.11 bits per heavy atom. The van der Waals surface area contributed by atoms with Gasteiger partial charge in [0.05, 0.1) is 11.5 Å². The van der Waals surface area contributed by atoms with E-state index in [4.69, 9.17) is 4.74 Å². The van der Waals surface area contributed by atoms with Crippen LogP contribution in [0.2, 0.25) is 0 Å². The second-order valence-corrected chi connectivity index (χ2v) is 11.7. The maximum Gasteiger partial charge on any atom is 0.284 e. The average molecular weight is 558 g/mol. The number of sulfonamides is 1. The maximum absolute atomic E-state index is 13.0. The number of hydrogen-bond donors (Lipinski definition) is 1. The largest absolute Gasteiger partial charge is 0.494 e. The van der Waals surface area contributed by atoms with Crippen molar-refractivity contribution in [2.45, 2.75) is 62.5 Å². The number of carbonyl (C=O) groups is 2. The number of ether oxygens (including phenoxy) is 1. The number of aryl methyl sites for hydroxylation is 1. The van der Waals surface area contributed by atoms with Crippen LogP contribution in [0.4, 0.5) is 5.69 Å². The van der Waals surface area contributed by atoms with Gasteiger partial charge in [0.15, 0.2) is 5.17 Å². The summed E-state index contributed by atoms with van der Waals surface area (Å²) in [7, 11) is -4.03. The Kier molecular flexibility index (Phi) is 11.0. The first kappa shape index (κ1) is 29.4. The molecule has 0 saturated carbocycles. The summed E-state index contributed by atoms with van der Waals surface area (Å²) >= 11 is 0.971. The molecular formula is C28H35N3O5S2. The minimum atomic E-state index is -4.03. The van der Waals surface area contributed by atoms with E-state index in [-0.39, 0.29) is 34.8 Å². The molecule has 0 radical (unpaired) electrons. The first-order chi connectivity index (χ1) is 18.3. The van der Waals surface area contributed by atoms with E-state index in [0.717, 1.165) is 42.3 Å². The molecule has 10 heteroatoms. The molecule has 2 amide bonds. The summed E-state index contributed by atoms with van der Waals surface area (Å²) < 4.78 is 35.5. The van der Waals surface area contributed by atoms with Gasteiger partial charge in [-0.3, -0.25) is 14.5 Å². The van der Waals surface area contributed by atoms with E-state index >= 15 is 0 Å². The lowest BCUT2D eigenvalue weighted by Gasteiger charge is -2.14. The molecule has 1 saturated heterocycles. The van der Waals surface area contributed by atoms with Gasteiger partial charge in [-0.2, -0.15) is 8.42 Å². The average Bonchev–Trinajstić information content (AvgIpc) is 3.18. The quantitative estimate of drug-likeness (QED) is 0.246. The lowest BCUT2D eigenvalue weighted by molar-refractivity contribution is -0.127. The first-order valence-electron chi connectivity index (χ1n) is 12.8.